The van der Waals surface area contributed by atoms with Crippen molar-refractivity contribution in [3.8, 4) is 0 Å². The molecule has 0 aromatic carbocycles. The van der Waals surface area contributed by atoms with Gasteiger partial charge in [-0.15, -0.1) is 0 Å². The van der Waals surface area contributed by atoms with E-state index in [1.165, 1.54) is 5.56 Å². The van der Waals surface area contributed by atoms with Crippen LogP contribution in [0.2, 0.25) is 0 Å². The number of pyridine rings is 1. The number of ether oxygens (including phenoxy) is 1. The lowest BCUT2D eigenvalue weighted by atomic mass is 10.2. The second kappa shape index (κ2) is 5.52. The Hall–Kier alpha value is -1.43. The molecule has 1 fully saturated rings. The Bertz CT molecular complexity index is 596. The van der Waals surface area contributed by atoms with Crippen LogP contribution in [0.5, 0.6) is 0 Å². The maximum absolute atomic E-state index is 9.27. The molecule has 108 valence electrons. The van der Waals surface area contributed by atoms with Gasteiger partial charge in [-0.3, -0.25) is 4.90 Å². The number of hydrogen-bond acceptors (Lipinski definition) is 4. The molecule has 0 saturated carbocycles. The van der Waals surface area contributed by atoms with Crippen molar-refractivity contribution < 1.29 is 9.84 Å². The van der Waals surface area contributed by atoms with E-state index in [9.17, 15) is 5.11 Å². The quantitative estimate of drug-likeness (QED) is 0.915. The summed E-state index contributed by atoms with van der Waals surface area (Å²) in [5, 5.41) is 9.27. The van der Waals surface area contributed by atoms with E-state index < -0.39 is 0 Å². The maximum atomic E-state index is 9.27. The first-order valence-corrected chi connectivity index (χ1v) is 7.07. The van der Waals surface area contributed by atoms with Crippen LogP contribution in [0, 0.1) is 6.92 Å². The van der Waals surface area contributed by atoms with Crippen LogP contribution in [0.4, 0.5) is 0 Å². The van der Waals surface area contributed by atoms with Gasteiger partial charge in [0.05, 0.1) is 24.5 Å². The van der Waals surface area contributed by atoms with Gasteiger partial charge in [0.25, 0.3) is 0 Å². The Balaban J connectivity index is 1.75. The van der Waals surface area contributed by atoms with Gasteiger partial charge in [0, 0.05) is 32.0 Å². The third kappa shape index (κ3) is 2.85. The number of aryl methyl sites for hydroxylation is 1. The Morgan fingerprint density at radius 3 is 3.00 bits per heavy atom. The van der Waals surface area contributed by atoms with Crippen LogP contribution in [-0.2, 0) is 11.3 Å². The molecule has 20 heavy (non-hydrogen) atoms. The summed E-state index contributed by atoms with van der Waals surface area (Å²) in [6, 6.07) is 4.11. The molecule has 2 aromatic heterocycles. The minimum Gasteiger partial charge on any atom is -0.394 e. The van der Waals surface area contributed by atoms with E-state index in [-0.39, 0.29) is 18.8 Å². The first kappa shape index (κ1) is 13.5. The number of aliphatic hydroxyl groups excluding tert-OH is 1. The van der Waals surface area contributed by atoms with Crippen LogP contribution in [0.3, 0.4) is 0 Å². The molecule has 5 nitrogen and oxygen atoms in total. The minimum absolute atomic E-state index is 0.0746. The zero-order chi connectivity index (χ0) is 14.1. The zero-order valence-electron chi connectivity index (χ0n) is 12.0. The summed E-state index contributed by atoms with van der Waals surface area (Å²) in [7, 11) is 0. The highest BCUT2D eigenvalue weighted by molar-refractivity contribution is 5.41. The number of rotatable bonds is 3. The van der Waals surface area contributed by atoms with Crippen molar-refractivity contribution in [1.82, 2.24) is 14.3 Å². The van der Waals surface area contributed by atoms with Crippen molar-refractivity contribution in [3.05, 3.63) is 35.8 Å². The first-order chi connectivity index (χ1) is 9.64. The second-order valence-corrected chi connectivity index (χ2v) is 5.65. The lowest BCUT2D eigenvalue weighted by molar-refractivity contribution is -0.0974. The van der Waals surface area contributed by atoms with Gasteiger partial charge in [0.15, 0.2) is 0 Å². The predicted molar refractivity (Wildman–Crippen MR) is 76.6 cm³/mol. The molecule has 3 rings (SSSR count). The molecule has 1 saturated heterocycles. The van der Waals surface area contributed by atoms with Crippen molar-refractivity contribution in [3.63, 3.8) is 0 Å². The molecule has 2 unspecified atom stereocenters. The van der Waals surface area contributed by atoms with E-state index in [1.54, 1.807) is 0 Å². The summed E-state index contributed by atoms with van der Waals surface area (Å²) < 4.78 is 7.73. The largest absolute Gasteiger partial charge is 0.394 e. The molecule has 0 radical (unpaired) electrons. The fourth-order valence-corrected chi connectivity index (χ4v) is 2.83. The van der Waals surface area contributed by atoms with Crippen LogP contribution in [0.1, 0.15) is 18.2 Å². The molecule has 2 atom stereocenters. The number of hydrogen-bond donors (Lipinski definition) is 1. The van der Waals surface area contributed by atoms with Crippen molar-refractivity contribution in [2.24, 2.45) is 0 Å². The van der Waals surface area contributed by atoms with Gasteiger partial charge in [0.1, 0.15) is 5.65 Å². The van der Waals surface area contributed by atoms with Crippen LogP contribution in [0.25, 0.3) is 5.65 Å². The highest BCUT2D eigenvalue weighted by Gasteiger charge is 2.25. The molecular weight excluding hydrogens is 254 g/mol. The molecule has 2 aromatic rings. The van der Waals surface area contributed by atoms with Gasteiger partial charge in [-0.25, -0.2) is 4.98 Å². The van der Waals surface area contributed by atoms with E-state index >= 15 is 0 Å². The lowest BCUT2D eigenvalue weighted by Gasteiger charge is -2.35. The highest BCUT2D eigenvalue weighted by Crippen LogP contribution is 2.15. The maximum Gasteiger partial charge on any atom is 0.137 e. The fraction of sp³-hybridized carbons (Fsp3) is 0.533. The van der Waals surface area contributed by atoms with Crippen LogP contribution in [0.15, 0.2) is 24.5 Å². The molecule has 0 bridgehead atoms. The second-order valence-electron chi connectivity index (χ2n) is 5.65. The van der Waals surface area contributed by atoms with Crippen molar-refractivity contribution in [2.75, 3.05) is 19.7 Å². The van der Waals surface area contributed by atoms with Gasteiger partial charge in [-0.1, -0.05) is 6.07 Å². The molecule has 0 aliphatic carbocycles. The van der Waals surface area contributed by atoms with Crippen LogP contribution in [-0.4, -0.2) is 51.3 Å². The molecule has 0 amide bonds. The molecule has 3 heterocycles. The van der Waals surface area contributed by atoms with Crippen molar-refractivity contribution in [2.45, 2.75) is 32.6 Å². The summed E-state index contributed by atoms with van der Waals surface area (Å²) in [6.45, 7) is 6.63. The van der Waals surface area contributed by atoms with E-state index in [4.69, 9.17) is 4.74 Å². The summed E-state index contributed by atoms with van der Waals surface area (Å²) >= 11 is 0. The third-order valence-electron chi connectivity index (χ3n) is 3.64. The van der Waals surface area contributed by atoms with Gasteiger partial charge in [-0.2, -0.15) is 0 Å². The Morgan fingerprint density at radius 2 is 2.20 bits per heavy atom. The predicted octanol–water partition coefficient (Wildman–Crippen LogP) is 1.22. The Labute approximate surface area is 118 Å². The molecule has 1 N–H and O–H groups in total. The fourth-order valence-electron chi connectivity index (χ4n) is 2.83. The number of morpholine rings is 1. The molecule has 1 aliphatic rings. The lowest BCUT2D eigenvalue weighted by Crippen LogP contribution is -2.47. The highest BCUT2D eigenvalue weighted by atomic mass is 16.5. The first-order valence-electron chi connectivity index (χ1n) is 7.07. The average Bonchev–Trinajstić information content (AvgIpc) is 2.79. The van der Waals surface area contributed by atoms with Gasteiger partial charge < -0.3 is 14.2 Å². The summed E-state index contributed by atoms with van der Waals surface area (Å²) in [6.07, 6.45) is 4.24. The van der Waals surface area contributed by atoms with Crippen molar-refractivity contribution >= 4 is 5.65 Å². The topological polar surface area (TPSA) is 50.0 Å². The van der Waals surface area contributed by atoms with E-state index in [0.29, 0.717) is 0 Å². The Kier molecular flexibility index (Phi) is 3.74. The van der Waals surface area contributed by atoms with Crippen LogP contribution >= 0.6 is 0 Å². The van der Waals surface area contributed by atoms with Crippen molar-refractivity contribution in [1.29, 1.82) is 0 Å². The number of imidazole rings is 1. The van der Waals surface area contributed by atoms with E-state index in [0.717, 1.165) is 31.0 Å². The molecule has 5 heteroatoms. The number of fused-ring (bicyclic) bond motifs is 1. The molecule has 0 spiro atoms. The SMILES string of the molecule is Cc1ccc2nc(CN3CC(C)OC(CO)C3)cn2c1. The zero-order valence-corrected chi connectivity index (χ0v) is 12.0. The minimum atomic E-state index is -0.0852. The molecular formula is C15H21N3O2. The number of aliphatic hydroxyl groups is 1. The third-order valence-corrected chi connectivity index (χ3v) is 3.64. The molecule has 1 aliphatic heterocycles. The van der Waals surface area contributed by atoms with Gasteiger partial charge in [-0.05, 0) is 25.5 Å². The van der Waals surface area contributed by atoms with Gasteiger partial charge in [0.2, 0.25) is 0 Å². The van der Waals surface area contributed by atoms with E-state index in [2.05, 4.69) is 39.7 Å². The number of aromatic nitrogens is 2. The van der Waals surface area contributed by atoms with Crippen LogP contribution < -0.4 is 0 Å². The number of nitrogens with zero attached hydrogens (tertiary/aromatic N) is 3. The smallest absolute Gasteiger partial charge is 0.137 e. The summed E-state index contributed by atoms with van der Waals surface area (Å²) in [5.74, 6) is 0. The van der Waals surface area contributed by atoms with Gasteiger partial charge >= 0.3 is 0 Å². The summed E-state index contributed by atoms with van der Waals surface area (Å²) in [4.78, 5) is 6.94. The van der Waals surface area contributed by atoms with E-state index in [1.807, 2.05) is 13.0 Å². The standard InChI is InChI=1S/C15H21N3O2/c1-11-3-4-15-16-13(8-18(15)5-11)7-17-6-12(2)20-14(9-17)10-19/h3-5,8,12,14,19H,6-7,9-10H2,1-2H3. The normalized spacial score (nSPS) is 24.4. The Morgan fingerprint density at radius 1 is 1.35 bits per heavy atom. The average molecular weight is 275 g/mol. The monoisotopic (exact) mass is 275 g/mol. The summed E-state index contributed by atoms with van der Waals surface area (Å²) in [5.41, 5.74) is 3.26.